The number of hydrogen-bond donors (Lipinski definition) is 0. The first-order valence-electron chi connectivity index (χ1n) is 5.21. The third-order valence-corrected chi connectivity index (χ3v) is 10.6. The first-order chi connectivity index (χ1) is 7.02. The van der Waals surface area contributed by atoms with E-state index in [-0.39, 0.29) is 11.4 Å². The third kappa shape index (κ3) is 4.33. The van der Waals surface area contributed by atoms with Crippen LogP contribution in [0.25, 0.3) is 0 Å². The van der Waals surface area contributed by atoms with E-state index in [0.29, 0.717) is 0 Å². The SMILES string of the molecule is CC(=O)[O][Hg][CH2]C(C)(C)c1ccccc1. The molecule has 1 aromatic carbocycles. The molecule has 0 aromatic heterocycles. The van der Waals surface area contributed by atoms with Crippen LogP contribution in [0.4, 0.5) is 0 Å². The van der Waals surface area contributed by atoms with Crippen molar-refractivity contribution in [1.29, 1.82) is 0 Å². The molecule has 15 heavy (non-hydrogen) atoms. The maximum atomic E-state index is 10.7. The summed E-state index contributed by atoms with van der Waals surface area (Å²) in [6.07, 6.45) is 0. The van der Waals surface area contributed by atoms with Crippen molar-refractivity contribution in [2.45, 2.75) is 30.1 Å². The van der Waals surface area contributed by atoms with Crippen LogP contribution in [0.15, 0.2) is 30.3 Å². The van der Waals surface area contributed by atoms with Crippen LogP contribution in [0.1, 0.15) is 26.3 Å². The van der Waals surface area contributed by atoms with E-state index in [4.69, 9.17) is 2.64 Å². The molecule has 0 aliphatic carbocycles. The van der Waals surface area contributed by atoms with E-state index in [1.54, 1.807) is 0 Å². The van der Waals surface area contributed by atoms with Crippen LogP contribution in [-0.4, -0.2) is 5.97 Å². The Balaban J connectivity index is 2.56. The average molecular weight is 393 g/mol. The summed E-state index contributed by atoms with van der Waals surface area (Å²) in [7, 11) is 0. The van der Waals surface area contributed by atoms with Crippen molar-refractivity contribution in [3.8, 4) is 0 Å². The summed E-state index contributed by atoms with van der Waals surface area (Å²) in [5, 5.41) is 0. The number of carbonyl (C=O) groups excluding carboxylic acids is 1. The molecular weight excluding hydrogens is 377 g/mol. The Morgan fingerprint density at radius 1 is 1.33 bits per heavy atom. The maximum absolute atomic E-state index is 10.7. The Morgan fingerprint density at radius 2 is 1.93 bits per heavy atom. The Labute approximate surface area is 104 Å². The molecular formula is C12H16HgO2. The van der Waals surface area contributed by atoms with Crippen molar-refractivity contribution in [2.75, 3.05) is 0 Å². The minimum atomic E-state index is -1.46. The summed E-state index contributed by atoms with van der Waals surface area (Å²) in [6.45, 7) is 5.92. The zero-order chi connectivity index (χ0) is 11.3. The number of rotatable bonds is 4. The van der Waals surface area contributed by atoms with Gasteiger partial charge in [-0.1, -0.05) is 0 Å². The molecule has 0 N–H and O–H groups in total. The van der Waals surface area contributed by atoms with Crippen molar-refractivity contribution < 1.29 is 32.5 Å². The molecule has 3 heteroatoms. The van der Waals surface area contributed by atoms with E-state index >= 15 is 0 Å². The van der Waals surface area contributed by atoms with Crippen LogP contribution in [0.2, 0.25) is 3.93 Å². The number of hydrogen-bond acceptors (Lipinski definition) is 2. The fourth-order valence-corrected chi connectivity index (χ4v) is 6.10. The second-order valence-electron chi connectivity index (χ2n) is 4.34. The summed E-state index contributed by atoms with van der Waals surface area (Å²) in [5.74, 6) is -0.111. The molecule has 1 rings (SSSR count). The van der Waals surface area contributed by atoms with Gasteiger partial charge in [0.15, 0.2) is 0 Å². The normalized spacial score (nSPS) is 10.6. The monoisotopic (exact) mass is 394 g/mol. The van der Waals surface area contributed by atoms with Gasteiger partial charge in [0.05, 0.1) is 0 Å². The van der Waals surface area contributed by atoms with Gasteiger partial charge in [0, 0.05) is 0 Å². The molecule has 1 aromatic rings. The van der Waals surface area contributed by atoms with Crippen molar-refractivity contribution in [2.24, 2.45) is 0 Å². The zero-order valence-corrected chi connectivity index (χ0v) is 15.1. The second-order valence-corrected chi connectivity index (χ2v) is 8.99. The fourth-order valence-electron chi connectivity index (χ4n) is 1.48. The fraction of sp³-hybridized carbons (Fsp3) is 0.417. The summed E-state index contributed by atoms with van der Waals surface area (Å²) >= 11 is -1.46. The van der Waals surface area contributed by atoms with E-state index in [2.05, 4.69) is 38.1 Å². The molecule has 0 aliphatic heterocycles. The number of carbonyl (C=O) groups is 1. The van der Waals surface area contributed by atoms with Crippen molar-refractivity contribution in [1.82, 2.24) is 0 Å². The van der Waals surface area contributed by atoms with Gasteiger partial charge in [0.1, 0.15) is 0 Å². The molecule has 78 valence electrons. The summed E-state index contributed by atoms with van der Waals surface area (Å²) in [6, 6.07) is 10.4. The molecule has 0 amide bonds. The predicted octanol–water partition coefficient (Wildman–Crippen LogP) is 2.94. The van der Waals surface area contributed by atoms with Crippen molar-refractivity contribution in [3.05, 3.63) is 35.9 Å². The first-order valence-corrected chi connectivity index (χ1v) is 11.3. The Kier molecular flexibility index (Phi) is 4.77. The molecule has 0 radical (unpaired) electrons. The van der Waals surface area contributed by atoms with Gasteiger partial charge in [-0.25, -0.2) is 0 Å². The van der Waals surface area contributed by atoms with Crippen LogP contribution in [-0.2, 0) is 37.9 Å². The molecule has 0 aliphatic rings. The number of benzene rings is 1. The van der Waals surface area contributed by atoms with Crippen LogP contribution >= 0.6 is 0 Å². The topological polar surface area (TPSA) is 26.3 Å². The van der Waals surface area contributed by atoms with Gasteiger partial charge >= 0.3 is 104 Å². The minimum absolute atomic E-state index is 0.111. The molecule has 0 fully saturated rings. The quantitative estimate of drug-likeness (QED) is 0.736. The molecule has 0 atom stereocenters. The summed E-state index contributed by atoms with van der Waals surface area (Å²) in [5.41, 5.74) is 1.48. The Morgan fingerprint density at radius 3 is 2.47 bits per heavy atom. The van der Waals surface area contributed by atoms with E-state index in [0.717, 1.165) is 3.93 Å². The van der Waals surface area contributed by atoms with Gasteiger partial charge < -0.3 is 0 Å². The van der Waals surface area contributed by atoms with Crippen LogP contribution in [0, 0.1) is 0 Å². The van der Waals surface area contributed by atoms with Gasteiger partial charge in [-0.2, -0.15) is 0 Å². The van der Waals surface area contributed by atoms with Gasteiger partial charge in [-0.3, -0.25) is 0 Å². The predicted molar refractivity (Wildman–Crippen MR) is 56.0 cm³/mol. The third-order valence-electron chi connectivity index (χ3n) is 2.59. The first kappa shape index (κ1) is 12.7. The molecule has 0 heterocycles. The molecule has 0 spiro atoms. The van der Waals surface area contributed by atoms with E-state index in [1.165, 1.54) is 12.5 Å². The molecule has 0 saturated heterocycles. The molecule has 0 saturated carbocycles. The van der Waals surface area contributed by atoms with E-state index in [1.807, 2.05) is 6.07 Å². The second kappa shape index (κ2) is 5.64. The molecule has 0 bridgehead atoms. The van der Waals surface area contributed by atoms with Gasteiger partial charge in [0.25, 0.3) is 0 Å². The average Bonchev–Trinajstić information content (AvgIpc) is 2.18. The molecule has 2 nitrogen and oxygen atoms in total. The van der Waals surface area contributed by atoms with Gasteiger partial charge in [-0.15, -0.1) is 0 Å². The van der Waals surface area contributed by atoms with Crippen LogP contribution < -0.4 is 0 Å². The summed E-state index contributed by atoms with van der Waals surface area (Å²) in [4.78, 5) is 10.7. The van der Waals surface area contributed by atoms with Crippen molar-refractivity contribution in [3.63, 3.8) is 0 Å². The van der Waals surface area contributed by atoms with Crippen LogP contribution in [0.3, 0.4) is 0 Å². The van der Waals surface area contributed by atoms with E-state index in [9.17, 15) is 4.79 Å². The van der Waals surface area contributed by atoms with Gasteiger partial charge in [-0.05, 0) is 0 Å². The summed E-state index contributed by atoms with van der Waals surface area (Å²) < 4.78 is 6.25. The zero-order valence-electron chi connectivity index (χ0n) is 9.62. The standard InChI is InChI=1S/C10H13.C2H4O2.Hg/c1-10(2,3)9-7-5-4-6-8-9;1-2(3)4;/h4-8H,1H2,2-3H3;1H3,(H,3,4);/q;;+1/p-1. The Bertz CT molecular complexity index is 320. The van der Waals surface area contributed by atoms with Crippen molar-refractivity contribution >= 4 is 5.97 Å². The van der Waals surface area contributed by atoms with Crippen LogP contribution in [0.5, 0.6) is 0 Å². The van der Waals surface area contributed by atoms with E-state index < -0.39 is 25.0 Å². The molecule has 0 unspecified atom stereocenters. The Hall–Kier alpha value is -0.375. The van der Waals surface area contributed by atoms with Gasteiger partial charge in [0.2, 0.25) is 0 Å².